The van der Waals surface area contributed by atoms with Crippen LogP contribution in [0, 0.1) is 6.92 Å². The number of benzene rings is 2. The lowest BCUT2D eigenvalue weighted by Gasteiger charge is -2.11. The van der Waals surface area contributed by atoms with Crippen molar-refractivity contribution >= 4 is 10.8 Å². The first-order valence-corrected chi connectivity index (χ1v) is 7.47. The normalized spacial score (nSPS) is 11.4. The third kappa shape index (κ3) is 4.06. The third-order valence-electron chi connectivity index (χ3n) is 3.55. The van der Waals surface area contributed by atoms with E-state index in [4.69, 9.17) is 4.74 Å². The summed E-state index contributed by atoms with van der Waals surface area (Å²) < 4.78 is 5.70. The third-order valence-corrected chi connectivity index (χ3v) is 3.55. The number of nitrogens with one attached hydrogen (secondary N) is 1. The van der Waals surface area contributed by atoms with Crippen LogP contribution < -0.4 is 5.32 Å². The predicted octanol–water partition coefficient (Wildman–Crippen LogP) is 3.71. The molecule has 0 aromatic heterocycles. The minimum atomic E-state index is 0.527. The van der Waals surface area contributed by atoms with E-state index in [1.54, 1.807) is 0 Å². The van der Waals surface area contributed by atoms with Gasteiger partial charge in [-0.15, -0.1) is 0 Å². The molecule has 0 aliphatic rings. The zero-order valence-corrected chi connectivity index (χ0v) is 12.8. The first-order valence-electron chi connectivity index (χ1n) is 7.47. The van der Waals surface area contributed by atoms with Crippen molar-refractivity contribution in [1.29, 1.82) is 0 Å². The molecule has 0 saturated heterocycles. The van der Waals surface area contributed by atoms with Gasteiger partial charge in [-0.25, -0.2) is 0 Å². The summed E-state index contributed by atoms with van der Waals surface area (Å²) in [5.41, 5.74) is 2.72. The molecule has 0 fully saturated rings. The van der Waals surface area contributed by atoms with E-state index in [2.05, 4.69) is 62.5 Å². The Bertz CT molecular complexity index is 548. The lowest BCUT2D eigenvalue weighted by Crippen LogP contribution is -2.26. The molecule has 0 saturated carbocycles. The Hall–Kier alpha value is -1.38. The summed E-state index contributed by atoms with van der Waals surface area (Å²) in [6, 6.07) is 13.6. The van der Waals surface area contributed by atoms with Crippen LogP contribution in [-0.4, -0.2) is 25.8 Å². The average molecular weight is 271 g/mol. The van der Waals surface area contributed by atoms with Gasteiger partial charge in [-0.05, 0) is 35.2 Å². The summed E-state index contributed by atoms with van der Waals surface area (Å²) in [7, 11) is 0. The van der Waals surface area contributed by atoms with Gasteiger partial charge in [0, 0.05) is 12.6 Å². The smallest absolute Gasteiger partial charge is 0.0591 e. The van der Waals surface area contributed by atoms with Crippen LogP contribution >= 0.6 is 0 Å². The van der Waals surface area contributed by atoms with Crippen molar-refractivity contribution in [1.82, 2.24) is 5.32 Å². The summed E-state index contributed by atoms with van der Waals surface area (Å²) in [5.74, 6) is 0. The Balaban J connectivity index is 1.89. The molecule has 2 aromatic carbocycles. The zero-order chi connectivity index (χ0) is 14.4. The quantitative estimate of drug-likeness (QED) is 0.775. The number of hydrogen-bond donors (Lipinski definition) is 1. The fraction of sp³-hybridized carbons (Fsp3) is 0.444. The van der Waals surface area contributed by atoms with Crippen molar-refractivity contribution in [2.75, 3.05) is 19.8 Å². The predicted molar refractivity (Wildman–Crippen MR) is 86.3 cm³/mol. The Labute approximate surface area is 122 Å². The van der Waals surface area contributed by atoms with E-state index in [1.807, 2.05) is 0 Å². The maximum atomic E-state index is 5.70. The highest BCUT2D eigenvalue weighted by atomic mass is 16.5. The monoisotopic (exact) mass is 271 g/mol. The molecule has 0 aliphatic heterocycles. The molecule has 0 heterocycles. The Morgan fingerprint density at radius 3 is 2.50 bits per heavy atom. The van der Waals surface area contributed by atoms with Crippen molar-refractivity contribution in [3.05, 3.63) is 47.5 Å². The SMILES string of the molecule is Cc1ccc(CCOCCNC(C)C)c2ccccc12. The van der Waals surface area contributed by atoms with Crippen molar-refractivity contribution in [2.24, 2.45) is 0 Å². The van der Waals surface area contributed by atoms with Crippen LogP contribution in [0.2, 0.25) is 0 Å². The van der Waals surface area contributed by atoms with Gasteiger partial charge in [0.05, 0.1) is 13.2 Å². The topological polar surface area (TPSA) is 21.3 Å². The van der Waals surface area contributed by atoms with Crippen molar-refractivity contribution in [3.8, 4) is 0 Å². The summed E-state index contributed by atoms with van der Waals surface area (Å²) >= 11 is 0. The van der Waals surface area contributed by atoms with E-state index in [1.165, 1.54) is 21.9 Å². The molecule has 2 rings (SSSR count). The fourth-order valence-corrected chi connectivity index (χ4v) is 2.43. The zero-order valence-electron chi connectivity index (χ0n) is 12.8. The lowest BCUT2D eigenvalue weighted by atomic mass is 9.99. The lowest BCUT2D eigenvalue weighted by molar-refractivity contribution is 0.137. The molecule has 0 bridgehead atoms. The van der Waals surface area contributed by atoms with Gasteiger partial charge < -0.3 is 10.1 Å². The van der Waals surface area contributed by atoms with Crippen LogP contribution in [-0.2, 0) is 11.2 Å². The van der Waals surface area contributed by atoms with Crippen LogP contribution in [0.4, 0.5) is 0 Å². The van der Waals surface area contributed by atoms with Gasteiger partial charge in [0.25, 0.3) is 0 Å². The highest BCUT2D eigenvalue weighted by molar-refractivity contribution is 5.88. The second kappa shape index (κ2) is 7.41. The fourth-order valence-electron chi connectivity index (χ4n) is 2.43. The maximum Gasteiger partial charge on any atom is 0.0591 e. The minimum Gasteiger partial charge on any atom is -0.380 e. The van der Waals surface area contributed by atoms with Crippen molar-refractivity contribution in [3.63, 3.8) is 0 Å². The van der Waals surface area contributed by atoms with Gasteiger partial charge in [-0.2, -0.15) is 0 Å². The molecular formula is C18H25NO. The highest BCUT2D eigenvalue weighted by Crippen LogP contribution is 2.22. The first-order chi connectivity index (χ1) is 9.68. The average Bonchev–Trinajstić information content (AvgIpc) is 2.45. The van der Waals surface area contributed by atoms with Gasteiger partial charge in [0.1, 0.15) is 0 Å². The molecule has 2 nitrogen and oxygen atoms in total. The summed E-state index contributed by atoms with van der Waals surface area (Å²) in [6.07, 6.45) is 0.975. The highest BCUT2D eigenvalue weighted by Gasteiger charge is 2.03. The van der Waals surface area contributed by atoms with Crippen molar-refractivity contribution < 1.29 is 4.74 Å². The number of aryl methyl sites for hydroxylation is 1. The molecule has 0 amide bonds. The minimum absolute atomic E-state index is 0.527. The Morgan fingerprint density at radius 1 is 1.00 bits per heavy atom. The molecule has 0 radical (unpaired) electrons. The van der Waals surface area contributed by atoms with Gasteiger partial charge in [0.2, 0.25) is 0 Å². The maximum absolute atomic E-state index is 5.70. The second-order valence-electron chi connectivity index (χ2n) is 5.56. The molecule has 2 heteroatoms. The molecule has 108 valence electrons. The first kappa shape index (κ1) is 15.0. The molecule has 0 aliphatic carbocycles. The standard InChI is InChI=1S/C18H25NO/c1-14(2)19-11-13-20-12-10-16-9-8-15(3)17-6-4-5-7-18(16)17/h4-9,14,19H,10-13H2,1-3H3. The Morgan fingerprint density at radius 2 is 1.75 bits per heavy atom. The molecule has 0 unspecified atom stereocenters. The van der Waals surface area contributed by atoms with E-state index in [9.17, 15) is 0 Å². The van der Waals surface area contributed by atoms with Gasteiger partial charge in [-0.3, -0.25) is 0 Å². The molecule has 1 N–H and O–H groups in total. The molecule has 20 heavy (non-hydrogen) atoms. The van der Waals surface area contributed by atoms with Gasteiger partial charge in [0.15, 0.2) is 0 Å². The van der Waals surface area contributed by atoms with Crippen LogP contribution in [0.5, 0.6) is 0 Å². The van der Waals surface area contributed by atoms with Gasteiger partial charge in [-0.1, -0.05) is 50.2 Å². The van der Waals surface area contributed by atoms with Crippen LogP contribution in [0.1, 0.15) is 25.0 Å². The molecule has 0 spiro atoms. The van der Waals surface area contributed by atoms with E-state index in [0.717, 1.165) is 26.2 Å². The van der Waals surface area contributed by atoms with E-state index >= 15 is 0 Å². The summed E-state index contributed by atoms with van der Waals surface area (Å²) in [4.78, 5) is 0. The van der Waals surface area contributed by atoms with Crippen LogP contribution in [0.3, 0.4) is 0 Å². The van der Waals surface area contributed by atoms with E-state index in [0.29, 0.717) is 6.04 Å². The molecular weight excluding hydrogens is 246 g/mol. The number of hydrogen-bond acceptors (Lipinski definition) is 2. The molecule has 2 aromatic rings. The number of fused-ring (bicyclic) bond motifs is 1. The largest absolute Gasteiger partial charge is 0.380 e. The number of rotatable bonds is 7. The van der Waals surface area contributed by atoms with E-state index in [-0.39, 0.29) is 0 Å². The number of ether oxygens (including phenoxy) is 1. The molecule has 0 atom stereocenters. The summed E-state index contributed by atoms with van der Waals surface area (Å²) in [6.45, 7) is 8.96. The van der Waals surface area contributed by atoms with E-state index < -0.39 is 0 Å². The summed E-state index contributed by atoms with van der Waals surface area (Å²) in [5, 5.41) is 6.07. The van der Waals surface area contributed by atoms with Crippen molar-refractivity contribution in [2.45, 2.75) is 33.2 Å². The Kier molecular flexibility index (Phi) is 5.57. The second-order valence-corrected chi connectivity index (χ2v) is 5.56. The van der Waals surface area contributed by atoms with Gasteiger partial charge >= 0.3 is 0 Å². The van der Waals surface area contributed by atoms with Crippen LogP contribution in [0.25, 0.3) is 10.8 Å². The van der Waals surface area contributed by atoms with Crippen LogP contribution in [0.15, 0.2) is 36.4 Å².